The second-order valence-electron chi connectivity index (χ2n) is 8.91. The fourth-order valence-corrected chi connectivity index (χ4v) is 5.36. The van der Waals surface area contributed by atoms with Crippen LogP contribution in [0.2, 0.25) is 5.02 Å². The van der Waals surface area contributed by atoms with Crippen LogP contribution < -0.4 is 19.7 Å². The monoisotopic (exact) mass is 588 g/mol. The summed E-state index contributed by atoms with van der Waals surface area (Å²) in [7, 11) is -3.24. The number of benzene rings is 3. The van der Waals surface area contributed by atoms with E-state index >= 15 is 0 Å². The van der Waals surface area contributed by atoms with E-state index < -0.39 is 43.9 Å². The largest absolute Gasteiger partial charge is 0.495 e. The SMILES string of the molecule is CC[C@@H](C)NC(=O)c1ccccc1NC(=O)CN(c1cc(Cl)ccc1OC)S(=O)(=O)c1ccc(C)c([N+](=O)[O-])c1. The number of rotatable bonds is 11. The quantitative estimate of drug-likeness (QED) is 0.238. The maximum absolute atomic E-state index is 13.9. The number of sulfonamides is 1. The second kappa shape index (κ2) is 12.8. The van der Waals surface area contributed by atoms with Gasteiger partial charge in [0.1, 0.15) is 12.3 Å². The molecule has 0 aliphatic heterocycles. The number of nitro benzene ring substituents is 1. The summed E-state index contributed by atoms with van der Waals surface area (Å²) in [5.74, 6) is -1.09. The van der Waals surface area contributed by atoms with Crippen LogP contribution >= 0.6 is 11.6 Å². The molecule has 0 radical (unpaired) electrons. The lowest BCUT2D eigenvalue weighted by Crippen LogP contribution is -2.39. The lowest BCUT2D eigenvalue weighted by atomic mass is 10.1. The number of amides is 2. The zero-order valence-corrected chi connectivity index (χ0v) is 23.9. The van der Waals surface area contributed by atoms with Crippen molar-refractivity contribution in [2.45, 2.75) is 38.1 Å². The molecule has 1 atom stereocenters. The van der Waals surface area contributed by atoms with Crippen molar-refractivity contribution >= 4 is 50.5 Å². The van der Waals surface area contributed by atoms with E-state index in [0.29, 0.717) is 6.42 Å². The van der Waals surface area contributed by atoms with Crippen molar-refractivity contribution in [2.75, 3.05) is 23.3 Å². The van der Waals surface area contributed by atoms with E-state index in [4.69, 9.17) is 16.3 Å². The number of hydrogen-bond donors (Lipinski definition) is 2. The van der Waals surface area contributed by atoms with Gasteiger partial charge in [0.05, 0.1) is 33.9 Å². The molecule has 3 aromatic rings. The second-order valence-corrected chi connectivity index (χ2v) is 11.2. The molecule has 40 heavy (non-hydrogen) atoms. The first kappa shape index (κ1) is 30.4. The van der Waals surface area contributed by atoms with Gasteiger partial charge >= 0.3 is 0 Å². The molecular weight excluding hydrogens is 560 g/mol. The molecule has 212 valence electrons. The van der Waals surface area contributed by atoms with Crippen LogP contribution in [0.3, 0.4) is 0 Å². The number of hydrogen-bond acceptors (Lipinski definition) is 7. The van der Waals surface area contributed by atoms with Gasteiger partial charge in [0.15, 0.2) is 0 Å². The standard InChI is InChI=1S/C27H29ClN4O7S/c1-5-18(3)29-27(34)21-8-6-7-9-22(21)30-26(33)16-31(24-14-19(28)11-13-25(24)39-4)40(37,38)20-12-10-17(2)23(15-20)32(35)36/h6-15,18H,5,16H2,1-4H3,(H,29,34)(H,30,33)/t18-/m1/s1. The van der Waals surface area contributed by atoms with Gasteiger partial charge in [-0.25, -0.2) is 8.42 Å². The summed E-state index contributed by atoms with van der Waals surface area (Å²) < 4.78 is 33.8. The Morgan fingerprint density at radius 3 is 2.48 bits per heavy atom. The van der Waals surface area contributed by atoms with Crippen molar-refractivity contribution in [3.05, 3.63) is 86.9 Å². The van der Waals surface area contributed by atoms with Gasteiger partial charge in [-0.05, 0) is 56.7 Å². The lowest BCUT2D eigenvalue weighted by Gasteiger charge is -2.26. The Morgan fingerprint density at radius 2 is 1.82 bits per heavy atom. The van der Waals surface area contributed by atoms with Crippen LogP contribution in [0.15, 0.2) is 65.6 Å². The molecule has 13 heteroatoms. The maximum Gasteiger partial charge on any atom is 0.273 e. The molecule has 3 aromatic carbocycles. The summed E-state index contributed by atoms with van der Waals surface area (Å²) in [5.41, 5.74) is 0.177. The minimum absolute atomic E-state index is 0.0591. The van der Waals surface area contributed by atoms with Gasteiger partial charge in [0, 0.05) is 22.7 Å². The molecule has 0 aliphatic rings. The van der Waals surface area contributed by atoms with Gasteiger partial charge < -0.3 is 15.4 Å². The highest BCUT2D eigenvalue weighted by atomic mass is 35.5. The minimum atomic E-state index is -4.56. The number of para-hydroxylation sites is 1. The van der Waals surface area contributed by atoms with Crippen molar-refractivity contribution in [3.63, 3.8) is 0 Å². The molecule has 0 fully saturated rings. The van der Waals surface area contributed by atoms with Gasteiger partial charge in [-0.2, -0.15) is 0 Å². The van der Waals surface area contributed by atoms with Crippen molar-refractivity contribution in [1.82, 2.24) is 5.32 Å². The number of nitrogens with one attached hydrogen (secondary N) is 2. The molecule has 2 amide bonds. The van der Waals surface area contributed by atoms with Gasteiger partial charge in [-0.3, -0.25) is 24.0 Å². The van der Waals surface area contributed by atoms with Crippen LogP contribution in [-0.4, -0.2) is 44.9 Å². The molecule has 0 spiro atoms. The zero-order chi connectivity index (χ0) is 29.6. The molecule has 11 nitrogen and oxygen atoms in total. The summed E-state index contributed by atoms with van der Waals surface area (Å²) >= 11 is 6.17. The normalized spacial score (nSPS) is 11.8. The van der Waals surface area contributed by atoms with Crippen molar-refractivity contribution in [3.8, 4) is 5.75 Å². The van der Waals surface area contributed by atoms with Gasteiger partial charge in [-0.1, -0.05) is 36.7 Å². The number of ether oxygens (including phenoxy) is 1. The number of anilines is 2. The summed E-state index contributed by atoms with van der Waals surface area (Å²) in [4.78, 5) is 36.5. The van der Waals surface area contributed by atoms with Crippen LogP contribution in [0.4, 0.5) is 17.1 Å². The molecule has 0 unspecified atom stereocenters. The minimum Gasteiger partial charge on any atom is -0.495 e. The van der Waals surface area contributed by atoms with Crippen LogP contribution in [0.25, 0.3) is 0 Å². The van der Waals surface area contributed by atoms with Gasteiger partial charge in [-0.15, -0.1) is 0 Å². The van der Waals surface area contributed by atoms with E-state index in [9.17, 15) is 28.1 Å². The highest BCUT2D eigenvalue weighted by molar-refractivity contribution is 7.92. The Kier molecular flexibility index (Phi) is 9.72. The molecule has 3 rings (SSSR count). The van der Waals surface area contributed by atoms with E-state index in [1.807, 2.05) is 13.8 Å². The third-order valence-electron chi connectivity index (χ3n) is 6.10. The molecule has 0 aliphatic carbocycles. The van der Waals surface area contributed by atoms with E-state index in [2.05, 4.69) is 10.6 Å². The predicted molar refractivity (Wildman–Crippen MR) is 153 cm³/mol. The predicted octanol–water partition coefficient (Wildman–Crippen LogP) is 4.93. The zero-order valence-electron chi connectivity index (χ0n) is 22.3. The fourth-order valence-electron chi connectivity index (χ4n) is 3.75. The first-order valence-electron chi connectivity index (χ1n) is 12.2. The smallest absolute Gasteiger partial charge is 0.273 e. The number of nitro groups is 1. The molecular formula is C27H29ClN4O7S. The summed E-state index contributed by atoms with van der Waals surface area (Å²) in [6.07, 6.45) is 0.700. The molecule has 2 N–H and O–H groups in total. The maximum atomic E-state index is 13.9. The highest BCUT2D eigenvalue weighted by Crippen LogP contribution is 2.36. The van der Waals surface area contributed by atoms with Crippen LogP contribution in [-0.2, 0) is 14.8 Å². The number of carbonyl (C=O) groups is 2. The third kappa shape index (κ3) is 6.88. The van der Waals surface area contributed by atoms with E-state index in [-0.39, 0.29) is 39.3 Å². The average Bonchev–Trinajstić information content (AvgIpc) is 2.91. The third-order valence-corrected chi connectivity index (χ3v) is 8.09. The molecule has 0 bridgehead atoms. The van der Waals surface area contributed by atoms with E-state index in [1.54, 1.807) is 12.1 Å². The van der Waals surface area contributed by atoms with Crippen LogP contribution in [0.5, 0.6) is 5.75 Å². The first-order chi connectivity index (χ1) is 18.9. The van der Waals surface area contributed by atoms with E-state index in [0.717, 1.165) is 10.4 Å². The Balaban J connectivity index is 2.05. The van der Waals surface area contributed by atoms with Gasteiger partial charge in [0.25, 0.3) is 21.6 Å². The summed E-state index contributed by atoms with van der Waals surface area (Å²) in [6, 6.07) is 13.9. The Hall–Kier alpha value is -4.16. The summed E-state index contributed by atoms with van der Waals surface area (Å²) in [5, 5.41) is 17.1. The van der Waals surface area contributed by atoms with Crippen LogP contribution in [0.1, 0.15) is 36.2 Å². The topological polar surface area (TPSA) is 148 Å². The average molecular weight is 589 g/mol. The first-order valence-corrected chi connectivity index (χ1v) is 14.0. The molecule has 0 saturated carbocycles. The number of halogens is 1. The Labute approximate surface area is 237 Å². The molecule has 0 heterocycles. The van der Waals surface area contributed by atoms with E-state index in [1.165, 1.54) is 56.5 Å². The number of nitrogens with zero attached hydrogens (tertiary/aromatic N) is 2. The van der Waals surface area contributed by atoms with Gasteiger partial charge in [0.2, 0.25) is 5.91 Å². The Bertz CT molecular complexity index is 1550. The summed E-state index contributed by atoms with van der Waals surface area (Å²) in [6.45, 7) is 4.48. The Morgan fingerprint density at radius 1 is 1.12 bits per heavy atom. The molecule has 0 aromatic heterocycles. The molecule has 0 saturated heterocycles. The number of carbonyl (C=O) groups excluding carboxylic acids is 2. The number of methoxy groups -OCH3 is 1. The number of aryl methyl sites for hydroxylation is 1. The van der Waals surface area contributed by atoms with Crippen molar-refractivity contribution in [1.29, 1.82) is 0 Å². The van der Waals surface area contributed by atoms with Crippen molar-refractivity contribution in [2.24, 2.45) is 0 Å². The van der Waals surface area contributed by atoms with Crippen molar-refractivity contribution < 1.29 is 27.7 Å². The lowest BCUT2D eigenvalue weighted by molar-refractivity contribution is -0.385. The highest BCUT2D eigenvalue weighted by Gasteiger charge is 2.31. The fraction of sp³-hybridized carbons (Fsp3) is 0.259. The van der Waals surface area contributed by atoms with Crippen LogP contribution in [0, 0.1) is 17.0 Å².